The molecule has 0 spiro atoms. The molecule has 1 saturated carbocycles. The molecule has 0 aromatic carbocycles. The Balaban J connectivity index is 2.23. The van der Waals surface area contributed by atoms with Crippen LogP contribution in [-0.2, 0) is 7.05 Å². The Bertz CT molecular complexity index is 514. The largest absolute Gasteiger partial charge is 0.409 e. The van der Waals surface area contributed by atoms with Crippen molar-refractivity contribution in [2.75, 3.05) is 0 Å². The molecule has 1 aromatic heterocycles. The fourth-order valence-electron chi connectivity index (χ4n) is 2.63. The van der Waals surface area contributed by atoms with Crippen molar-refractivity contribution in [3.63, 3.8) is 0 Å². The van der Waals surface area contributed by atoms with E-state index in [1.807, 2.05) is 0 Å². The first-order valence-electron chi connectivity index (χ1n) is 6.29. The van der Waals surface area contributed by atoms with Gasteiger partial charge in [-0.25, -0.2) is 0 Å². The molecule has 0 bridgehead atoms. The van der Waals surface area contributed by atoms with Gasteiger partial charge in [0.25, 0.3) is 5.91 Å². The summed E-state index contributed by atoms with van der Waals surface area (Å²) in [5, 5.41) is 19.0. The Morgan fingerprint density at radius 3 is 2.68 bits per heavy atom. The Labute approximate surface area is 111 Å². The van der Waals surface area contributed by atoms with Crippen LogP contribution in [0.25, 0.3) is 0 Å². The standard InChI is InChI=1S/C12H19N5O2/c1-8-9(7-17(2)15-8)10(18)14-12(11(13)16-19)5-3-4-6-12/h7,19H,3-6H2,1-2H3,(H2,13,16)(H,14,18). The monoisotopic (exact) mass is 265 g/mol. The normalized spacial score (nSPS) is 18.5. The number of nitrogens with zero attached hydrogens (tertiary/aromatic N) is 3. The Morgan fingerprint density at radius 1 is 1.58 bits per heavy atom. The van der Waals surface area contributed by atoms with Crippen LogP contribution in [0.5, 0.6) is 0 Å². The van der Waals surface area contributed by atoms with Crippen LogP contribution in [0.2, 0.25) is 0 Å². The van der Waals surface area contributed by atoms with E-state index < -0.39 is 5.54 Å². The van der Waals surface area contributed by atoms with E-state index in [1.54, 1.807) is 24.9 Å². The number of oxime groups is 1. The molecule has 7 heteroatoms. The van der Waals surface area contributed by atoms with Gasteiger partial charge in [-0.15, -0.1) is 0 Å². The molecule has 0 aliphatic heterocycles. The van der Waals surface area contributed by atoms with Crippen molar-refractivity contribution in [2.24, 2.45) is 17.9 Å². The summed E-state index contributed by atoms with van der Waals surface area (Å²) < 4.78 is 1.59. The smallest absolute Gasteiger partial charge is 0.255 e. The molecule has 1 aromatic rings. The maximum atomic E-state index is 12.3. The van der Waals surface area contributed by atoms with E-state index in [1.165, 1.54) is 0 Å². The molecular weight excluding hydrogens is 246 g/mol. The third kappa shape index (κ3) is 2.40. The molecule has 0 unspecified atom stereocenters. The predicted molar refractivity (Wildman–Crippen MR) is 70.0 cm³/mol. The van der Waals surface area contributed by atoms with E-state index in [9.17, 15) is 4.79 Å². The SMILES string of the molecule is Cc1nn(C)cc1C(=O)NC1(/C(N)=N/O)CCCC1. The molecule has 4 N–H and O–H groups in total. The number of aromatic nitrogens is 2. The van der Waals surface area contributed by atoms with E-state index >= 15 is 0 Å². The minimum atomic E-state index is -0.728. The topological polar surface area (TPSA) is 106 Å². The highest BCUT2D eigenvalue weighted by atomic mass is 16.4. The first-order valence-corrected chi connectivity index (χ1v) is 6.29. The number of hydrogen-bond acceptors (Lipinski definition) is 4. The molecule has 0 atom stereocenters. The average Bonchev–Trinajstić information content (AvgIpc) is 2.96. The van der Waals surface area contributed by atoms with Gasteiger partial charge in [-0.05, 0) is 19.8 Å². The first-order chi connectivity index (χ1) is 8.98. The zero-order chi connectivity index (χ0) is 14.0. The zero-order valence-electron chi connectivity index (χ0n) is 11.2. The summed E-state index contributed by atoms with van der Waals surface area (Å²) in [6.07, 6.45) is 4.94. The molecule has 1 aliphatic carbocycles. The number of carbonyl (C=O) groups is 1. The highest BCUT2D eigenvalue weighted by Gasteiger charge is 2.40. The van der Waals surface area contributed by atoms with Gasteiger partial charge in [0, 0.05) is 13.2 Å². The average molecular weight is 265 g/mol. The summed E-state index contributed by atoms with van der Waals surface area (Å²) in [5.41, 5.74) is 6.19. The summed E-state index contributed by atoms with van der Waals surface area (Å²) in [4.78, 5) is 12.3. The summed E-state index contributed by atoms with van der Waals surface area (Å²) in [6, 6.07) is 0. The number of amides is 1. The van der Waals surface area contributed by atoms with E-state index in [-0.39, 0.29) is 11.7 Å². The molecule has 1 fully saturated rings. The lowest BCUT2D eigenvalue weighted by molar-refractivity contribution is 0.0922. The van der Waals surface area contributed by atoms with Gasteiger partial charge in [0.05, 0.1) is 11.3 Å². The fourth-order valence-corrected chi connectivity index (χ4v) is 2.63. The number of nitrogens with two attached hydrogens (primary N) is 1. The van der Waals surface area contributed by atoms with Gasteiger partial charge in [0.1, 0.15) is 5.54 Å². The quantitative estimate of drug-likeness (QED) is 0.320. The Hall–Kier alpha value is -2.05. The van der Waals surface area contributed by atoms with Crippen molar-refractivity contribution in [1.29, 1.82) is 0 Å². The van der Waals surface area contributed by atoms with Crippen LogP contribution in [0, 0.1) is 6.92 Å². The van der Waals surface area contributed by atoms with Gasteiger partial charge in [0.15, 0.2) is 5.84 Å². The maximum Gasteiger partial charge on any atom is 0.255 e. The van der Waals surface area contributed by atoms with Crippen molar-refractivity contribution >= 4 is 11.7 Å². The molecule has 1 amide bonds. The van der Waals surface area contributed by atoms with Gasteiger partial charge in [-0.3, -0.25) is 9.48 Å². The minimum absolute atomic E-state index is 0.0693. The van der Waals surface area contributed by atoms with Crippen molar-refractivity contribution in [3.05, 3.63) is 17.5 Å². The van der Waals surface area contributed by atoms with E-state index in [0.717, 1.165) is 12.8 Å². The highest BCUT2D eigenvalue weighted by molar-refractivity contribution is 6.00. The summed E-state index contributed by atoms with van der Waals surface area (Å²) in [5.74, 6) is -0.168. The number of hydrogen-bond donors (Lipinski definition) is 3. The lowest BCUT2D eigenvalue weighted by atomic mass is 9.95. The van der Waals surface area contributed by atoms with Crippen LogP contribution < -0.4 is 11.1 Å². The number of aryl methyl sites for hydroxylation is 2. The van der Waals surface area contributed by atoms with Crippen LogP contribution in [0.15, 0.2) is 11.4 Å². The van der Waals surface area contributed by atoms with Crippen LogP contribution in [-0.4, -0.2) is 32.3 Å². The number of carbonyl (C=O) groups excluding carboxylic acids is 1. The van der Waals surface area contributed by atoms with Gasteiger partial charge < -0.3 is 16.3 Å². The lowest BCUT2D eigenvalue weighted by Crippen LogP contribution is -2.55. The molecule has 0 saturated heterocycles. The zero-order valence-corrected chi connectivity index (χ0v) is 11.2. The van der Waals surface area contributed by atoms with Crippen LogP contribution in [0.3, 0.4) is 0 Å². The van der Waals surface area contributed by atoms with Crippen molar-refractivity contribution in [2.45, 2.75) is 38.1 Å². The van der Waals surface area contributed by atoms with Crippen molar-refractivity contribution in [3.8, 4) is 0 Å². The fraction of sp³-hybridized carbons (Fsp3) is 0.583. The number of nitrogens with one attached hydrogen (secondary N) is 1. The van der Waals surface area contributed by atoms with Gasteiger partial charge in [-0.1, -0.05) is 18.0 Å². The molecule has 1 aliphatic rings. The summed E-state index contributed by atoms with van der Waals surface area (Å²) in [6.45, 7) is 1.78. The third-order valence-corrected chi connectivity index (χ3v) is 3.67. The lowest BCUT2D eigenvalue weighted by Gasteiger charge is -2.28. The third-order valence-electron chi connectivity index (χ3n) is 3.67. The number of rotatable bonds is 3. The van der Waals surface area contributed by atoms with Crippen LogP contribution >= 0.6 is 0 Å². The van der Waals surface area contributed by atoms with Crippen molar-refractivity contribution in [1.82, 2.24) is 15.1 Å². The molecular formula is C12H19N5O2. The summed E-state index contributed by atoms with van der Waals surface area (Å²) >= 11 is 0. The molecule has 2 rings (SSSR count). The second kappa shape index (κ2) is 4.91. The van der Waals surface area contributed by atoms with Gasteiger partial charge in [0.2, 0.25) is 0 Å². The maximum absolute atomic E-state index is 12.3. The van der Waals surface area contributed by atoms with Crippen LogP contribution in [0.4, 0.5) is 0 Å². The van der Waals surface area contributed by atoms with Crippen LogP contribution in [0.1, 0.15) is 41.7 Å². The van der Waals surface area contributed by atoms with E-state index in [4.69, 9.17) is 10.9 Å². The molecule has 7 nitrogen and oxygen atoms in total. The first kappa shape index (κ1) is 13.4. The van der Waals surface area contributed by atoms with Gasteiger partial charge in [-0.2, -0.15) is 5.10 Å². The molecule has 104 valence electrons. The van der Waals surface area contributed by atoms with E-state index in [2.05, 4.69) is 15.6 Å². The minimum Gasteiger partial charge on any atom is -0.409 e. The molecule has 1 heterocycles. The second-order valence-corrected chi connectivity index (χ2v) is 5.03. The Kier molecular flexibility index (Phi) is 3.46. The number of amidine groups is 1. The molecule has 19 heavy (non-hydrogen) atoms. The van der Waals surface area contributed by atoms with Gasteiger partial charge >= 0.3 is 0 Å². The summed E-state index contributed by atoms with van der Waals surface area (Å²) in [7, 11) is 1.76. The van der Waals surface area contributed by atoms with E-state index in [0.29, 0.717) is 24.1 Å². The second-order valence-electron chi connectivity index (χ2n) is 5.03. The predicted octanol–water partition coefficient (Wildman–Crippen LogP) is 0.518. The Morgan fingerprint density at radius 2 is 2.21 bits per heavy atom. The molecule has 0 radical (unpaired) electrons. The van der Waals surface area contributed by atoms with Crippen molar-refractivity contribution < 1.29 is 10.0 Å². The highest BCUT2D eigenvalue weighted by Crippen LogP contribution is 2.30.